The van der Waals surface area contributed by atoms with Gasteiger partial charge in [-0.3, -0.25) is 0 Å². The van der Waals surface area contributed by atoms with Crippen molar-refractivity contribution in [1.82, 2.24) is 4.40 Å². The molecule has 1 unspecified atom stereocenters. The Labute approximate surface area is 273 Å². The van der Waals surface area contributed by atoms with E-state index in [9.17, 15) is 26.4 Å². The number of carbonyl (C=O) groups is 1. The van der Waals surface area contributed by atoms with Crippen LogP contribution in [0.5, 0.6) is 17.2 Å². The number of alkyl halides is 3. The number of hydrogen-bond acceptors (Lipinski definition) is 6. The molecule has 48 heavy (non-hydrogen) atoms. The van der Waals surface area contributed by atoms with Crippen LogP contribution in [0.25, 0.3) is 16.6 Å². The number of rotatable bonds is 3. The zero-order chi connectivity index (χ0) is 33.8. The molecule has 0 radical (unpaired) electrons. The number of benzene rings is 4. The molecular weight excluding hydrogens is 643 g/mol. The van der Waals surface area contributed by atoms with E-state index in [2.05, 4.69) is 76.4 Å². The second-order valence-electron chi connectivity index (χ2n) is 11.4. The first kappa shape index (κ1) is 31.1. The maximum absolute atomic E-state index is 12.7. The van der Waals surface area contributed by atoms with Gasteiger partial charge in [-0.05, 0) is 66.9 Å². The van der Waals surface area contributed by atoms with E-state index >= 15 is 0 Å². The molecule has 0 N–H and O–H groups in total. The predicted molar refractivity (Wildman–Crippen MR) is 173 cm³/mol. The molecule has 0 saturated heterocycles. The van der Waals surface area contributed by atoms with E-state index in [1.807, 2.05) is 13.0 Å². The number of nitrogens with zero attached hydrogens (tertiary/aromatic N) is 1. The predicted octanol–water partition coefficient (Wildman–Crippen LogP) is 8.71. The lowest BCUT2D eigenvalue weighted by atomic mass is 9.77. The molecule has 1 atom stereocenters. The molecule has 0 saturated carbocycles. The molecule has 2 aliphatic heterocycles. The Morgan fingerprint density at radius 3 is 2.15 bits per heavy atom. The van der Waals surface area contributed by atoms with Gasteiger partial charge in [0.15, 0.2) is 5.60 Å². The molecule has 4 aromatic carbocycles. The van der Waals surface area contributed by atoms with Crippen LogP contribution in [0.3, 0.4) is 0 Å². The van der Waals surface area contributed by atoms with Crippen LogP contribution >= 0.6 is 0 Å². The first-order chi connectivity index (χ1) is 22.9. The van der Waals surface area contributed by atoms with Gasteiger partial charge in [0.1, 0.15) is 17.2 Å². The van der Waals surface area contributed by atoms with Gasteiger partial charge < -0.3 is 18.1 Å². The molecule has 11 heteroatoms. The summed E-state index contributed by atoms with van der Waals surface area (Å²) in [5.74, 6) is -0.842. The van der Waals surface area contributed by atoms with Gasteiger partial charge in [-0.2, -0.15) is 21.6 Å². The third kappa shape index (κ3) is 5.07. The summed E-state index contributed by atoms with van der Waals surface area (Å²) in [6, 6.07) is 32.2. The number of ether oxygens (including phenoxy) is 2. The van der Waals surface area contributed by atoms with Crippen LogP contribution in [-0.2, 0) is 20.5 Å². The Kier molecular flexibility index (Phi) is 7.32. The molecule has 4 heterocycles. The van der Waals surface area contributed by atoms with Crippen molar-refractivity contribution >= 4 is 21.6 Å². The zero-order valence-corrected chi connectivity index (χ0v) is 26.3. The lowest BCUT2D eigenvalue weighted by molar-refractivity contribution is -0.0500. The van der Waals surface area contributed by atoms with E-state index in [4.69, 9.17) is 9.47 Å². The first-order valence-corrected chi connectivity index (χ1v) is 16.2. The maximum atomic E-state index is 12.7. The van der Waals surface area contributed by atoms with Crippen molar-refractivity contribution in [3.05, 3.63) is 155 Å². The first-order valence-electron chi connectivity index (χ1n) is 14.8. The molecule has 8 rings (SSSR count). The average molecular weight is 670 g/mol. The van der Waals surface area contributed by atoms with Gasteiger partial charge in [-0.1, -0.05) is 66.7 Å². The van der Waals surface area contributed by atoms with Crippen molar-refractivity contribution in [2.75, 3.05) is 0 Å². The fourth-order valence-electron chi connectivity index (χ4n) is 6.16. The minimum absolute atomic E-state index is 0.00229. The van der Waals surface area contributed by atoms with Gasteiger partial charge in [0, 0.05) is 46.2 Å². The maximum Gasteiger partial charge on any atom is 0.534 e. The Hall–Kier alpha value is -5.55. The van der Waals surface area contributed by atoms with Crippen molar-refractivity contribution in [2.24, 2.45) is 0 Å². The highest BCUT2D eigenvalue weighted by molar-refractivity contribution is 7.88. The Morgan fingerprint density at radius 2 is 1.42 bits per heavy atom. The summed E-state index contributed by atoms with van der Waals surface area (Å²) in [6.07, 6.45) is 4.29. The van der Waals surface area contributed by atoms with Gasteiger partial charge in [0.05, 0.1) is 5.56 Å². The van der Waals surface area contributed by atoms with Crippen molar-refractivity contribution in [2.45, 2.75) is 25.0 Å². The van der Waals surface area contributed by atoms with Crippen molar-refractivity contribution in [3.8, 4) is 28.4 Å². The number of aryl methyl sites for hydroxylation is 2. The molecule has 2 aromatic heterocycles. The standard InChI is InChI=1S/C22H13F3O6S.C15H13N/c1-12-6-8-16-18(10-12)29-19-11-13(31-32(27,28)22(23,24)25)7-9-17(19)21(16)15-5-3-2-4-14(15)20(26)30-21;1-12-14(13-7-3-2-4-8-13)11-16-10-6-5-9-15(12)16/h2-11H,1H3;2-11H,1H3. The average Bonchev–Trinajstić information content (AvgIpc) is 3.55. The molecule has 6 aromatic rings. The Bertz CT molecular complexity index is 2330. The third-order valence-electron chi connectivity index (χ3n) is 8.36. The van der Waals surface area contributed by atoms with E-state index in [0.29, 0.717) is 28.0 Å². The highest BCUT2D eigenvalue weighted by Crippen LogP contribution is 2.56. The molecule has 0 amide bonds. The van der Waals surface area contributed by atoms with Crippen LogP contribution in [0.2, 0.25) is 0 Å². The van der Waals surface area contributed by atoms with Gasteiger partial charge in [-0.25, -0.2) is 4.79 Å². The summed E-state index contributed by atoms with van der Waals surface area (Å²) in [5.41, 5.74) is 0.772. The molecule has 2 aliphatic rings. The number of carbonyl (C=O) groups excluding carboxylic acids is 1. The molecule has 242 valence electrons. The molecular formula is C37H26F3NO6S. The quantitative estimate of drug-likeness (QED) is 0.107. The lowest BCUT2D eigenvalue weighted by Crippen LogP contribution is -2.33. The number of aromatic nitrogens is 1. The topological polar surface area (TPSA) is 83.3 Å². The van der Waals surface area contributed by atoms with E-state index in [1.165, 1.54) is 28.3 Å². The van der Waals surface area contributed by atoms with E-state index in [1.54, 1.807) is 36.4 Å². The number of fused-ring (bicyclic) bond motifs is 7. The number of halogens is 3. The summed E-state index contributed by atoms with van der Waals surface area (Å²) in [4.78, 5) is 12.7. The van der Waals surface area contributed by atoms with E-state index < -0.39 is 32.9 Å². The van der Waals surface area contributed by atoms with E-state index in [0.717, 1.165) is 17.7 Å². The highest BCUT2D eigenvalue weighted by Gasteiger charge is 2.54. The van der Waals surface area contributed by atoms with Crippen LogP contribution in [0.1, 0.15) is 38.2 Å². The van der Waals surface area contributed by atoms with Crippen molar-refractivity contribution in [1.29, 1.82) is 0 Å². The minimum Gasteiger partial charge on any atom is -0.456 e. The molecule has 1 spiro atoms. The molecule has 0 fully saturated rings. The van der Waals surface area contributed by atoms with Crippen LogP contribution < -0.4 is 8.92 Å². The number of esters is 1. The normalized spacial score (nSPS) is 16.2. The Morgan fingerprint density at radius 1 is 0.750 bits per heavy atom. The minimum atomic E-state index is -5.87. The second-order valence-corrected chi connectivity index (χ2v) is 12.9. The Balaban J connectivity index is 0.000000190. The van der Waals surface area contributed by atoms with E-state index in [-0.39, 0.29) is 5.75 Å². The van der Waals surface area contributed by atoms with Crippen LogP contribution in [0.4, 0.5) is 13.2 Å². The zero-order valence-electron chi connectivity index (χ0n) is 25.5. The summed E-state index contributed by atoms with van der Waals surface area (Å²) in [5, 5.41) is 0. The SMILES string of the molecule is Cc1c(-c2ccccc2)cn2ccccc12.Cc1ccc2c(c1)Oc1cc(OS(=O)(=O)C(F)(F)F)ccc1C21OC(=O)c2ccccc21. The summed E-state index contributed by atoms with van der Waals surface area (Å²) in [7, 11) is -5.87. The van der Waals surface area contributed by atoms with Crippen LogP contribution in [0.15, 0.2) is 122 Å². The molecule has 0 bridgehead atoms. The number of pyridine rings is 1. The lowest BCUT2D eigenvalue weighted by Gasteiger charge is -2.36. The molecule has 7 nitrogen and oxygen atoms in total. The van der Waals surface area contributed by atoms with Gasteiger partial charge in [0.25, 0.3) is 0 Å². The fraction of sp³-hybridized carbons (Fsp3) is 0.108. The monoisotopic (exact) mass is 669 g/mol. The van der Waals surface area contributed by atoms with Crippen molar-refractivity contribution in [3.63, 3.8) is 0 Å². The van der Waals surface area contributed by atoms with Gasteiger partial charge >= 0.3 is 21.6 Å². The highest BCUT2D eigenvalue weighted by atomic mass is 32.2. The summed E-state index contributed by atoms with van der Waals surface area (Å²) >= 11 is 0. The van der Waals surface area contributed by atoms with Crippen LogP contribution in [-0.4, -0.2) is 24.3 Å². The summed E-state index contributed by atoms with van der Waals surface area (Å²) < 4.78 is 79.3. The second kappa shape index (κ2) is 11.3. The van der Waals surface area contributed by atoms with Crippen molar-refractivity contribution < 1.29 is 40.0 Å². The fourth-order valence-corrected chi connectivity index (χ4v) is 6.61. The third-order valence-corrected chi connectivity index (χ3v) is 9.34. The smallest absolute Gasteiger partial charge is 0.456 e. The molecule has 0 aliphatic carbocycles. The summed E-state index contributed by atoms with van der Waals surface area (Å²) in [6.45, 7) is 3.99. The van der Waals surface area contributed by atoms with Crippen LogP contribution in [0, 0.1) is 13.8 Å². The van der Waals surface area contributed by atoms with Gasteiger partial charge in [0.2, 0.25) is 0 Å². The van der Waals surface area contributed by atoms with Gasteiger partial charge in [-0.15, -0.1) is 0 Å². The largest absolute Gasteiger partial charge is 0.534 e. The number of hydrogen-bond donors (Lipinski definition) is 0.